The topological polar surface area (TPSA) is 26.0 Å². The van der Waals surface area contributed by atoms with Crippen molar-refractivity contribution < 1.29 is 8.78 Å². The minimum atomic E-state index is -2.74. The number of nitrogens with two attached hydrogens (primary N) is 1. The van der Waals surface area contributed by atoms with Gasteiger partial charge in [0.2, 0.25) is 0 Å². The minimum Gasteiger partial charge on any atom is -0.319 e. The fourth-order valence-electron chi connectivity index (χ4n) is 1.75. The standard InChI is InChI=1S/C10H11F2N/c11-10(12)6-5-7-3-1-2-4-8(7)9(10)13/h1-4,9H,5-6,13H2. The van der Waals surface area contributed by atoms with Gasteiger partial charge in [0, 0.05) is 6.42 Å². The van der Waals surface area contributed by atoms with E-state index in [1.165, 1.54) is 0 Å². The Morgan fingerprint density at radius 3 is 2.77 bits per heavy atom. The number of alkyl halides is 2. The molecule has 0 aromatic heterocycles. The molecule has 0 saturated heterocycles. The molecule has 0 amide bonds. The minimum absolute atomic E-state index is 0.134. The van der Waals surface area contributed by atoms with Gasteiger partial charge in [-0.15, -0.1) is 0 Å². The predicted octanol–water partition coefficient (Wildman–Crippen LogP) is 2.27. The molecular weight excluding hydrogens is 172 g/mol. The van der Waals surface area contributed by atoms with Crippen LogP contribution in [-0.4, -0.2) is 5.92 Å². The highest BCUT2D eigenvalue weighted by atomic mass is 19.3. The third-order valence-corrected chi connectivity index (χ3v) is 2.57. The Labute approximate surface area is 75.6 Å². The zero-order valence-corrected chi connectivity index (χ0v) is 7.13. The number of benzene rings is 1. The lowest BCUT2D eigenvalue weighted by Gasteiger charge is -2.30. The Kier molecular flexibility index (Phi) is 1.84. The van der Waals surface area contributed by atoms with E-state index in [1.54, 1.807) is 12.1 Å². The van der Waals surface area contributed by atoms with Crippen molar-refractivity contribution in [2.75, 3.05) is 0 Å². The van der Waals surface area contributed by atoms with Crippen LogP contribution in [0.15, 0.2) is 24.3 Å². The van der Waals surface area contributed by atoms with E-state index < -0.39 is 12.0 Å². The first-order chi connectivity index (χ1) is 6.11. The smallest absolute Gasteiger partial charge is 0.267 e. The van der Waals surface area contributed by atoms with Gasteiger partial charge in [-0.2, -0.15) is 0 Å². The molecule has 1 unspecified atom stereocenters. The second-order valence-electron chi connectivity index (χ2n) is 3.44. The first-order valence-electron chi connectivity index (χ1n) is 4.32. The zero-order chi connectivity index (χ0) is 9.47. The van der Waals surface area contributed by atoms with Crippen molar-refractivity contribution in [1.82, 2.24) is 0 Å². The lowest BCUT2D eigenvalue weighted by atomic mass is 9.85. The molecule has 70 valence electrons. The van der Waals surface area contributed by atoms with Crippen LogP contribution in [0, 0.1) is 0 Å². The molecule has 1 aliphatic rings. The normalized spacial score (nSPS) is 25.3. The largest absolute Gasteiger partial charge is 0.319 e. The lowest BCUT2D eigenvalue weighted by Crippen LogP contribution is -2.37. The molecule has 0 saturated carbocycles. The van der Waals surface area contributed by atoms with Gasteiger partial charge in [-0.1, -0.05) is 24.3 Å². The van der Waals surface area contributed by atoms with E-state index in [0.717, 1.165) is 5.56 Å². The maximum Gasteiger partial charge on any atom is 0.267 e. The first kappa shape index (κ1) is 8.63. The number of aryl methyl sites for hydroxylation is 1. The quantitative estimate of drug-likeness (QED) is 0.656. The van der Waals surface area contributed by atoms with Gasteiger partial charge < -0.3 is 5.73 Å². The van der Waals surface area contributed by atoms with Gasteiger partial charge >= 0.3 is 0 Å². The van der Waals surface area contributed by atoms with Crippen molar-refractivity contribution >= 4 is 0 Å². The highest BCUT2D eigenvalue weighted by Gasteiger charge is 2.41. The van der Waals surface area contributed by atoms with Crippen LogP contribution in [-0.2, 0) is 6.42 Å². The average molecular weight is 183 g/mol. The van der Waals surface area contributed by atoms with Crippen molar-refractivity contribution in [2.24, 2.45) is 5.73 Å². The molecule has 2 rings (SSSR count). The maximum atomic E-state index is 13.2. The molecule has 1 aromatic carbocycles. The Morgan fingerprint density at radius 2 is 2.00 bits per heavy atom. The number of hydrogen-bond acceptors (Lipinski definition) is 1. The molecule has 0 radical (unpaired) electrons. The van der Waals surface area contributed by atoms with Crippen LogP contribution < -0.4 is 5.73 Å². The molecule has 1 atom stereocenters. The number of rotatable bonds is 0. The fourth-order valence-corrected chi connectivity index (χ4v) is 1.75. The summed E-state index contributed by atoms with van der Waals surface area (Å²) >= 11 is 0. The molecule has 0 bridgehead atoms. The summed E-state index contributed by atoms with van der Waals surface area (Å²) in [7, 11) is 0. The van der Waals surface area contributed by atoms with E-state index in [-0.39, 0.29) is 6.42 Å². The third-order valence-electron chi connectivity index (χ3n) is 2.57. The van der Waals surface area contributed by atoms with Gasteiger partial charge in [-0.25, -0.2) is 8.78 Å². The van der Waals surface area contributed by atoms with Crippen molar-refractivity contribution in [1.29, 1.82) is 0 Å². The van der Waals surface area contributed by atoms with Crippen molar-refractivity contribution in [2.45, 2.75) is 24.8 Å². The summed E-state index contributed by atoms with van der Waals surface area (Å²) in [6.45, 7) is 0. The summed E-state index contributed by atoms with van der Waals surface area (Å²) in [5.74, 6) is -2.74. The van der Waals surface area contributed by atoms with E-state index in [1.807, 2.05) is 12.1 Å². The Morgan fingerprint density at radius 1 is 1.31 bits per heavy atom. The highest BCUT2D eigenvalue weighted by molar-refractivity contribution is 5.33. The molecule has 1 aliphatic carbocycles. The molecule has 2 N–H and O–H groups in total. The maximum absolute atomic E-state index is 13.2. The van der Waals surface area contributed by atoms with Gasteiger partial charge in [-0.3, -0.25) is 0 Å². The monoisotopic (exact) mass is 183 g/mol. The summed E-state index contributed by atoms with van der Waals surface area (Å²) in [5.41, 5.74) is 7.03. The van der Waals surface area contributed by atoms with Crippen LogP contribution in [0.5, 0.6) is 0 Å². The summed E-state index contributed by atoms with van der Waals surface area (Å²) in [4.78, 5) is 0. The van der Waals surface area contributed by atoms with E-state index in [2.05, 4.69) is 0 Å². The molecule has 0 fully saturated rings. The van der Waals surface area contributed by atoms with E-state index in [4.69, 9.17) is 5.73 Å². The summed E-state index contributed by atoms with van der Waals surface area (Å²) in [6.07, 6.45) is 0.294. The predicted molar refractivity (Wildman–Crippen MR) is 46.6 cm³/mol. The molecule has 1 nitrogen and oxygen atoms in total. The van der Waals surface area contributed by atoms with Crippen LogP contribution >= 0.6 is 0 Å². The van der Waals surface area contributed by atoms with Crippen LogP contribution in [0.2, 0.25) is 0 Å². The lowest BCUT2D eigenvalue weighted by molar-refractivity contribution is -0.0398. The number of hydrogen-bond donors (Lipinski definition) is 1. The van der Waals surface area contributed by atoms with E-state index >= 15 is 0 Å². The summed E-state index contributed by atoms with van der Waals surface area (Å²) < 4.78 is 26.3. The van der Waals surface area contributed by atoms with Gasteiger partial charge in [0.15, 0.2) is 0 Å². The average Bonchev–Trinajstić information content (AvgIpc) is 2.13. The van der Waals surface area contributed by atoms with Gasteiger partial charge in [-0.05, 0) is 17.5 Å². The third kappa shape index (κ3) is 1.33. The molecule has 13 heavy (non-hydrogen) atoms. The van der Waals surface area contributed by atoms with Gasteiger partial charge in [0.25, 0.3) is 5.92 Å². The second-order valence-corrected chi connectivity index (χ2v) is 3.44. The molecular formula is C10H11F2N. The fraction of sp³-hybridized carbons (Fsp3) is 0.400. The molecule has 0 aliphatic heterocycles. The van der Waals surface area contributed by atoms with E-state index in [9.17, 15) is 8.78 Å². The summed E-state index contributed by atoms with van der Waals surface area (Å²) in [5, 5.41) is 0. The highest BCUT2D eigenvalue weighted by Crippen LogP contribution is 2.39. The molecule has 1 aromatic rings. The van der Waals surface area contributed by atoms with Gasteiger partial charge in [0.1, 0.15) is 0 Å². The molecule has 3 heteroatoms. The van der Waals surface area contributed by atoms with Crippen LogP contribution in [0.25, 0.3) is 0 Å². The Bertz CT molecular complexity index is 322. The number of halogens is 2. The van der Waals surface area contributed by atoms with Crippen LogP contribution in [0.3, 0.4) is 0 Å². The van der Waals surface area contributed by atoms with Crippen molar-refractivity contribution in [3.8, 4) is 0 Å². The van der Waals surface area contributed by atoms with Crippen LogP contribution in [0.1, 0.15) is 23.6 Å². The van der Waals surface area contributed by atoms with Gasteiger partial charge in [0.05, 0.1) is 6.04 Å². The SMILES string of the molecule is NC1c2ccccc2CCC1(F)F. The second kappa shape index (κ2) is 2.77. The van der Waals surface area contributed by atoms with Crippen LogP contribution in [0.4, 0.5) is 8.78 Å². The van der Waals surface area contributed by atoms with Crippen molar-refractivity contribution in [3.05, 3.63) is 35.4 Å². The molecule has 0 heterocycles. The first-order valence-corrected chi connectivity index (χ1v) is 4.32. The van der Waals surface area contributed by atoms with E-state index in [0.29, 0.717) is 12.0 Å². The molecule has 0 spiro atoms. The van der Waals surface area contributed by atoms with Crippen molar-refractivity contribution in [3.63, 3.8) is 0 Å². The Hall–Kier alpha value is -0.960. The number of fused-ring (bicyclic) bond motifs is 1. The Balaban J connectivity index is 2.45. The summed E-state index contributed by atoms with van der Waals surface area (Å²) in [6, 6.07) is 6.03. The zero-order valence-electron chi connectivity index (χ0n) is 7.13.